The van der Waals surface area contributed by atoms with Crippen LogP contribution in [0.4, 0.5) is 0 Å². The predicted octanol–water partition coefficient (Wildman–Crippen LogP) is 5.08. The first-order valence-corrected chi connectivity index (χ1v) is 8.57. The monoisotopic (exact) mass is 306 g/mol. The van der Waals surface area contributed by atoms with E-state index in [0.29, 0.717) is 11.7 Å². The first-order chi connectivity index (χ1) is 10.6. The smallest absolute Gasteiger partial charge is 0.335 e. The maximum Gasteiger partial charge on any atom is 0.335 e. The van der Waals surface area contributed by atoms with Crippen LogP contribution in [-0.4, -0.2) is 23.8 Å². The minimum atomic E-state index is -0.864. The van der Waals surface area contributed by atoms with E-state index in [9.17, 15) is 4.79 Å². The lowest BCUT2D eigenvalue weighted by Crippen LogP contribution is -2.09. The SMILES string of the molecule is CCCCCCOC(C)CCCCc1ccc(C(=O)O)cc1. The molecule has 0 amide bonds. The molecule has 1 atom stereocenters. The quantitative estimate of drug-likeness (QED) is 0.548. The van der Waals surface area contributed by atoms with Crippen LogP contribution < -0.4 is 0 Å². The Morgan fingerprint density at radius 1 is 1.09 bits per heavy atom. The van der Waals surface area contributed by atoms with E-state index in [4.69, 9.17) is 9.84 Å². The molecule has 0 aromatic heterocycles. The minimum Gasteiger partial charge on any atom is -0.478 e. The summed E-state index contributed by atoms with van der Waals surface area (Å²) in [6.45, 7) is 5.26. The van der Waals surface area contributed by atoms with E-state index in [1.807, 2.05) is 12.1 Å². The van der Waals surface area contributed by atoms with Crippen molar-refractivity contribution in [2.45, 2.75) is 71.3 Å². The summed E-state index contributed by atoms with van der Waals surface area (Å²) in [5, 5.41) is 8.86. The molecule has 0 aliphatic heterocycles. The van der Waals surface area contributed by atoms with Gasteiger partial charge >= 0.3 is 5.97 Å². The van der Waals surface area contributed by atoms with E-state index < -0.39 is 5.97 Å². The van der Waals surface area contributed by atoms with Gasteiger partial charge in [0.05, 0.1) is 11.7 Å². The van der Waals surface area contributed by atoms with Gasteiger partial charge in [-0.2, -0.15) is 0 Å². The lowest BCUT2D eigenvalue weighted by Gasteiger charge is -2.12. The Morgan fingerprint density at radius 3 is 2.45 bits per heavy atom. The summed E-state index contributed by atoms with van der Waals surface area (Å²) in [4.78, 5) is 10.8. The van der Waals surface area contributed by atoms with E-state index in [1.165, 1.54) is 31.2 Å². The number of hydrogen-bond donors (Lipinski definition) is 1. The molecule has 3 heteroatoms. The molecule has 0 saturated heterocycles. The third kappa shape index (κ3) is 8.18. The zero-order chi connectivity index (χ0) is 16.2. The standard InChI is InChI=1S/C19H30O3/c1-3-4-5-8-15-22-16(2)9-6-7-10-17-11-13-18(14-12-17)19(20)21/h11-14,16H,3-10,15H2,1-2H3,(H,20,21). The van der Waals surface area contributed by atoms with Crippen LogP contribution in [0.2, 0.25) is 0 Å². The van der Waals surface area contributed by atoms with Crippen LogP contribution >= 0.6 is 0 Å². The number of aryl methyl sites for hydroxylation is 1. The summed E-state index contributed by atoms with van der Waals surface area (Å²) in [6, 6.07) is 7.19. The van der Waals surface area contributed by atoms with Crippen LogP contribution in [0.15, 0.2) is 24.3 Å². The molecular formula is C19H30O3. The second kappa shape index (κ2) is 11.2. The Bertz CT molecular complexity index is 411. The molecule has 3 nitrogen and oxygen atoms in total. The molecule has 0 fully saturated rings. The van der Waals surface area contributed by atoms with Gasteiger partial charge in [-0.05, 0) is 50.3 Å². The maximum absolute atomic E-state index is 10.8. The first kappa shape index (κ1) is 18.7. The topological polar surface area (TPSA) is 46.5 Å². The number of rotatable bonds is 12. The second-order valence-corrected chi connectivity index (χ2v) is 5.99. The summed E-state index contributed by atoms with van der Waals surface area (Å²) in [7, 11) is 0. The highest BCUT2D eigenvalue weighted by molar-refractivity contribution is 5.87. The maximum atomic E-state index is 10.8. The highest BCUT2D eigenvalue weighted by atomic mass is 16.5. The summed E-state index contributed by atoms with van der Waals surface area (Å²) in [6.07, 6.45) is 9.73. The fourth-order valence-electron chi connectivity index (χ4n) is 2.47. The van der Waals surface area contributed by atoms with E-state index in [0.717, 1.165) is 32.3 Å². The molecule has 0 spiro atoms. The third-order valence-corrected chi connectivity index (χ3v) is 3.93. The van der Waals surface area contributed by atoms with Gasteiger partial charge < -0.3 is 9.84 Å². The number of aromatic carboxylic acids is 1. The molecule has 0 saturated carbocycles. The number of benzene rings is 1. The highest BCUT2D eigenvalue weighted by Crippen LogP contribution is 2.11. The summed E-state index contributed by atoms with van der Waals surface area (Å²) < 4.78 is 5.82. The van der Waals surface area contributed by atoms with Crippen LogP contribution in [0.25, 0.3) is 0 Å². The van der Waals surface area contributed by atoms with Gasteiger partial charge in [0.25, 0.3) is 0 Å². The second-order valence-electron chi connectivity index (χ2n) is 5.99. The Morgan fingerprint density at radius 2 is 1.82 bits per heavy atom. The molecule has 124 valence electrons. The molecule has 1 aromatic carbocycles. The fraction of sp³-hybridized carbons (Fsp3) is 0.632. The largest absolute Gasteiger partial charge is 0.478 e. The van der Waals surface area contributed by atoms with Crippen LogP contribution in [0, 0.1) is 0 Å². The van der Waals surface area contributed by atoms with E-state index >= 15 is 0 Å². The van der Waals surface area contributed by atoms with Crippen LogP contribution in [-0.2, 0) is 11.2 Å². The molecule has 22 heavy (non-hydrogen) atoms. The molecule has 0 radical (unpaired) electrons. The lowest BCUT2D eigenvalue weighted by atomic mass is 10.0. The average molecular weight is 306 g/mol. The Balaban J connectivity index is 2.07. The molecular weight excluding hydrogens is 276 g/mol. The highest BCUT2D eigenvalue weighted by Gasteiger charge is 2.04. The van der Waals surface area contributed by atoms with Gasteiger partial charge in [0, 0.05) is 6.61 Å². The average Bonchev–Trinajstić information content (AvgIpc) is 2.52. The Labute approximate surface area is 134 Å². The van der Waals surface area contributed by atoms with Crippen molar-refractivity contribution < 1.29 is 14.6 Å². The van der Waals surface area contributed by atoms with E-state index in [2.05, 4.69) is 13.8 Å². The fourth-order valence-corrected chi connectivity index (χ4v) is 2.47. The lowest BCUT2D eigenvalue weighted by molar-refractivity contribution is 0.0559. The van der Waals surface area contributed by atoms with E-state index in [1.54, 1.807) is 12.1 Å². The summed E-state index contributed by atoms with van der Waals surface area (Å²) >= 11 is 0. The molecule has 0 heterocycles. The Kier molecular flexibility index (Phi) is 9.56. The summed E-state index contributed by atoms with van der Waals surface area (Å²) in [5.74, 6) is -0.864. The van der Waals surface area contributed by atoms with Crippen LogP contribution in [0.3, 0.4) is 0 Å². The number of carboxylic acids is 1. The van der Waals surface area contributed by atoms with Gasteiger partial charge in [0.15, 0.2) is 0 Å². The van der Waals surface area contributed by atoms with Crippen molar-refractivity contribution in [2.75, 3.05) is 6.61 Å². The van der Waals surface area contributed by atoms with Gasteiger partial charge in [-0.1, -0.05) is 44.7 Å². The molecule has 1 unspecified atom stereocenters. The van der Waals surface area contributed by atoms with Gasteiger partial charge in [0.1, 0.15) is 0 Å². The number of hydrogen-bond acceptors (Lipinski definition) is 2. The number of unbranched alkanes of at least 4 members (excludes halogenated alkanes) is 4. The molecule has 1 rings (SSSR count). The van der Waals surface area contributed by atoms with Crippen molar-refractivity contribution in [3.05, 3.63) is 35.4 Å². The van der Waals surface area contributed by atoms with Crippen molar-refractivity contribution in [3.8, 4) is 0 Å². The van der Waals surface area contributed by atoms with Gasteiger partial charge in [-0.3, -0.25) is 0 Å². The molecule has 0 bridgehead atoms. The minimum absolute atomic E-state index is 0.344. The van der Waals surface area contributed by atoms with Gasteiger partial charge in [-0.25, -0.2) is 4.79 Å². The van der Waals surface area contributed by atoms with Crippen LogP contribution in [0.1, 0.15) is 74.7 Å². The van der Waals surface area contributed by atoms with E-state index in [-0.39, 0.29) is 0 Å². The van der Waals surface area contributed by atoms with Crippen molar-refractivity contribution >= 4 is 5.97 Å². The predicted molar refractivity (Wildman–Crippen MR) is 90.5 cm³/mol. The molecule has 1 aromatic rings. The van der Waals surface area contributed by atoms with Gasteiger partial charge in [0.2, 0.25) is 0 Å². The number of carboxylic acid groups (broad SMARTS) is 1. The normalized spacial score (nSPS) is 12.3. The van der Waals surface area contributed by atoms with Crippen molar-refractivity contribution in [2.24, 2.45) is 0 Å². The summed E-state index contributed by atoms with van der Waals surface area (Å²) in [5.41, 5.74) is 1.56. The Hall–Kier alpha value is -1.35. The van der Waals surface area contributed by atoms with Crippen LogP contribution in [0.5, 0.6) is 0 Å². The molecule has 0 aliphatic rings. The van der Waals surface area contributed by atoms with Crippen molar-refractivity contribution in [3.63, 3.8) is 0 Å². The molecule has 0 aliphatic carbocycles. The third-order valence-electron chi connectivity index (χ3n) is 3.93. The first-order valence-electron chi connectivity index (χ1n) is 8.57. The number of carbonyl (C=O) groups is 1. The molecule has 1 N–H and O–H groups in total. The zero-order valence-electron chi connectivity index (χ0n) is 14.0. The zero-order valence-corrected chi connectivity index (χ0v) is 14.0. The van der Waals surface area contributed by atoms with Gasteiger partial charge in [-0.15, -0.1) is 0 Å². The van der Waals surface area contributed by atoms with Crippen molar-refractivity contribution in [1.29, 1.82) is 0 Å². The van der Waals surface area contributed by atoms with Crippen molar-refractivity contribution in [1.82, 2.24) is 0 Å². The number of ether oxygens (including phenoxy) is 1.